The van der Waals surface area contributed by atoms with Crippen molar-refractivity contribution in [3.05, 3.63) is 35.4 Å². The number of ether oxygens (including phenoxy) is 1. The first-order valence-electron chi connectivity index (χ1n) is 7.34. The molecule has 2 aliphatic rings. The van der Waals surface area contributed by atoms with Crippen molar-refractivity contribution in [3.8, 4) is 0 Å². The van der Waals surface area contributed by atoms with E-state index in [1.807, 2.05) is 0 Å². The van der Waals surface area contributed by atoms with Crippen LogP contribution >= 0.6 is 11.6 Å². The molecule has 0 spiro atoms. The van der Waals surface area contributed by atoms with E-state index in [9.17, 15) is 0 Å². The van der Waals surface area contributed by atoms with Crippen LogP contribution in [-0.2, 0) is 11.2 Å². The van der Waals surface area contributed by atoms with E-state index in [-0.39, 0.29) is 6.10 Å². The molecule has 2 aliphatic heterocycles. The first-order valence-corrected chi connectivity index (χ1v) is 7.88. The molecule has 104 valence electrons. The Bertz CT molecular complexity index is 415. The Kier molecular flexibility index (Phi) is 4.42. The minimum atomic E-state index is 0.262. The third-order valence-electron chi connectivity index (χ3n) is 4.44. The lowest BCUT2D eigenvalue weighted by atomic mass is 9.95. The van der Waals surface area contributed by atoms with Crippen LogP contribution in [0.3, 0.4) is 0 Å². The normalized spacial score (nSPS) is 25.2. The van der Waals surface area contributed by atoms with Crippen LogP contribution in [0.15, 0.2) is 24.3 Å². The number of hydrogen-bond donors (Lipinski definition) is 0. The molecule has 3 rings (SSSR count). The standard InChI is InChI=1S/C16H22ClNO/c17-11-13-5-8-18(9-6-13)12-16-15-4-2-1-3-14(15)7-10-19-16/h1-4,13,16H,5-12H2. The topological polar surface area (TPSA) is 12.5 Å². The van der Waals surface area contributed by atoms with Crippen LogP contribution in [0.1, 0.15) is 30.1 Å². The third kappa shape index (κ3) is 3.13. The molecular weight excluding hydrogens is 258 g/mol. The Morgan fingerprint density at radius 1 is 1.21 bits per heavy atom. The summed E-state index contributed by atoms with van der Waals surface area (Å²) in [4.78, 5) is 2.54. The Hall–Kier alpha value is -0.570. The van der Waals surface area contributed by atoms with Gasteiger partial charge in [0.2, 0.25) is 0 Å². The fraction of sp³-hybridized carbons (Fsp3) is 0.625. The van der Waals surface area contributed by atoms with Gasteiger partial charge in [0.1, 0.15) is 0 Å². The summed E-state index contributed by atoms with van der Waals surface area (Å²) in [6.07, 6.45) is 3.79. The van der Waals surface area contributed by atoms with Crippen molar-refractivity contribution in [3.63, 3.8) is 0 Å². The van der Waals surface area contributed by atoms with Gasteiger partial charge in [0.25, 0.3) is 0 Å². The molecule has 0 saturated carbocycles. The van der Waals surface area contributed by atoms with Crippen molar-refractivity contribution >= 4 is 11.6 Å². The third-order valence-corrected chi connectivity index (χ3v) is 4.88. The number of nitrogens with zero attached hydrogens (tertiary/aromatic N) is 1. The van der Waals surface area contributed by atoms with Crippen LogP contribution in [-0.4, -0.2) is 37.0 Å². The molecule has 0 N–H and O–H groups in total. The summed E-state index contributed by atoms with van der Waals surface area (Å²) in [6, 6.07) is 8.72. The first kappa shape index (κ1) is 13.4. The number of fused-ring (bicyclic) bond motifs is 1. The van der Waals surface area contributed by atoms with E-state index in [2.05, 4.69) is 29.2 Å². The number of alkyl halides is 1. The summed E-state index contributed by atoms with van der Waals surface area (Å²) < 4.78 is 5.99. The molecule has 3 heteroatoms. The molecule has 0 bridgehead atoms. The average molecular weight is 280 g/mol. The number of halogens is 1. The van der Waals surface area contributed by atoms with Gasteiger partial charge < -0.3 is 9.64 Å². The molecule has 1 unspecified atom stereocenters. The molecule has 19 heavy (non-hydrogen) atoms. The highest BCUT2D eigenvalue weighted by molar-refractivity contribution is 6.18. The molecule has 2 heterocycles. The van der Waals surface area contributed by atoms with E-state index in [4.69, 9.17) is 16.3 Å². The fourth-order valence-electron chi connectivity index (χ4n) is 3.19. The van der Waals surface area contributed by atoms with E-state index in [0.29, 0.717) is 0 Å². The lowest BCUT2D eigenvalue weighted by molar-refractivity contribution is 0.00936. The molecule has 0 amide bonds. The zero-order valence-electron chi connectivity index (χ0n) is 11.4. The molecule has 1 aromatic rings. The van der Waals surface area contributed by atoms with Gasteiger partial charge in [-0.05, 0) is 49.4 Å². The smallest absolute Gasteiger partial charge is 0.0954 e. The van der Waals surface area contributed by atoms with Gasteiger partial charge in [-0.15, -0.1) is 11.6 Å². The summed E-state index contributed by atoms with van der Waals surface area (Å²) in [7, 11) is 0. The van der Waals surface area contributed by atoms with Crippen LogP contribution in [0.25, 0.3) is 0 Å². The molecule has 1 atom stereocenters. The van der Waals surface area contributed by atoms with Gasteiger partial charge in [-0.25, -0.2) is 0 Å². The summed E-state index contributed by atoms with van der Waals surface area (Å²) >= 11 is 5.94. The van der Waals surface area contributed by atoms with Crippen LogP contribution in [0, 0.1) is 5.92 Å². The van der Waals surface area contributed by atoms with Crippen LogP contribution in [0.5, 0.6) is 0 Å². The van der Waals surface area contributed by atoms with Crippen molar-refractivity contribution in [1.82, 2.24) is 4.90 Å². The highest BCUT2D eigenvalue weighted by Gasteiger charge is 2.25. The summed E-state index contributed by atoms with van der Waals surface area (Å²) in [5.41, 5.74) is 2.86. The maximum Gasteiger partial charge on any atom is 0.0954 e. The quantitative estimate of drug-likeness (QED) is 0.788. The predicted molar refractivity (Wildman–Crippen MR) is 78.7 cm³/mol. The lowest BCUT2D eigenvalue weighted by Crippen LogP contribution is -2.38. The zero-order valence-corrected chi connectivity index (χ0v) is 12.1. The van der Waals surface area contributed by atoms with Crippen LogP contribution in [0.4, 0.5) is 0 Å². The van der Waals surface area contributed by atoms with Gasteiger partial charge in [0, 0.05) is 12.4 Å². The van der Waals surface area contributed by atoms with E-state index in [0.717, 1.165) is 31.4 Å². The number of piperidine rings is 1. The summed E-state index contributed by atoms with van der Waals surface area (Å²) in [6.45, 7) is 4.23. The molecule has 1 fully saturated rings. The van der Waals surface area contributed by atoms with Gasteiger partial charge >= 0.3 is 0 Å². The highest BCUT2D eigenvalue weighted by Crippen LogP contribution is 2.29. The highest BCUT2D eigenvalue weighted by atomic mass is 35.5. The predicted octanol–water partition coefficient (Wildman–Crippen LogP) is 3.25. The Morgan fingerprint density at radius 3 is 2.79 bits per heavy atom. The van der Waals surface area contributed by atoms with Crippen LogP contribution < -0.4 is 0 Å². The Morgan fingerprint density at radius 2 is 2.00 bits per heavy atom. The summed E-state index contributed by atoms with van der Waals surface area (Å²) in [5.74, 6) is 1.54. The lowest BCUT2D eigenvalue weighted by Gasteiger charge is -2.35. The van der Waals surface area contributed by atoms with Crippen molar-refractivity contribution in [1.29, 1.82) is 0 Å². The van der Waals surface area contributed by atoms with E-state index < -0.39 is 0 Å². The maximum atomic E-state index is 5.99. The van der Waals surface area contributed by atoms with Crippen molar-refractivity contribution in [2.24, 2.45) is 5.92 Å². The molecule has 0 aromatic heterocycles. The number of hydrogen-bond acceptors (Lipinski definition) is 2. The van der Waals surface area contributed by atoms with Gasteiger partial charge in [0.05, 0.1) is 12.7 Å². The van der Waals surface area contributed by atoms with Crippen molar-refractivity contribution in [2.45, 2.75) is 25.4 Å². The molecule has 2 nitrogen and oxygen atoms in total. The largest absolute Gasteiger partial charge is 0.372 e. The average Bonchev–Trinajstić information content (AvgIpc) is 2.48. The minimum Gasteiger partial charge on any atom is -0.372 e. The first-order chi connectivity index (χ1) is 9.36. The molecule has 1 aromatic carbocycles. The molecule has 0 radical (unpaired) electrons. The number of rotatable bonds is 3. The van der Waals surface area contributed by atoms with Gasteiger partial charge in [0.15, 0.2) is 0 Å². The van der Waals surface area contributed by atoms with Crippen LogP contribution in [0.2, 0.25) is 0 Å². The SMILES string of the molecule is ClCC1CCN(CC2OCCc3ccccc32)CC1. The zero-order chi connectivity index (χ0) is 13.1. The monoisotopic (exact) mass is 279 g/mol. The second kappa shape index (κ2) is 6.25. The minimum absolute atomic E-state index is 0.262. The van der Waals surface area contributed by atoms with Gasteiger partial charge in [-0.2, -0.15) is 0 Å². The van der Waals surface area contributed by atoms with E-state index in [1.165, 1.54) is 37.1 Å². The van der Waals surface area contributed by atoms with Gasteiger partial charge in [-0.3, -0.25) is 0 Å². The molecule has 0 aliphatic carbocycles. The second-order valence-electron chi connectivity index (χ2n) is 5.71. The van der Waals surface area contributed by atoms with Gasteiger partial charge in [-0.1, -0.05) is 24.3 Å². The second-order valence-corrected chi connectivity index (χ2v) is 6.02. The molecular formula is C16H22ClNO. The van der Waals surface area contributed by atoms with E-state index >= 15 is 0 Å². The fourth-order valence-corrected chi connectivity index (χ4v) is 3.49. The number of likely N-dealkylation sites (tertiary alicyclic amines) is 1. The molecule has 1 saturated heterocycles. The number of benzene rings is 1. The van der Waals surface area contributed by atoms with Crippen molar-refractivity contribution < 1.29 is 4.74 Å². The van der Waals surface area contributed by atoms with E-state index in [1.54, 1.807) is 0 Å². The Labute approximate surface area is 120 Å². The summed E-state index contributed by atoms with van der Waals surface area (Å²) in [5, 5.41) is 0. The van der Waals surface area contributed by atoms with Crippen molar-refractivity contribution in [2.75, 3.05) is 32.1 Å². The maximum absolute atomic E-state index is 5.99. The Balaban J connectivity index is 1.62.